The maximum Gasteiger partial charge on any atom is 0.150 e. The standard InChI is InChI=1S/C16H15ClO/c1-10-6-12(3)15(7-11(10)2)14-5-4-13(9-18)8-16(14)17/h4-9H,1-3H3. The maximum absolute atomic E-state index is 10.7. The number of hydrogen-bond acceptors (Lipinski definition) is 1. The summed E-state index contributed by atoms with van der Waals surface area (Å²) in [6.45, 7) is 6.26. The van der Waals surface area contributed by atoms with Gasteiger partial charge in [0.15, 0.2) is 0 Å². The summed E-state index contributed by atoms with van der Waals surface area (Å²) in [6.07, 6.45) is 0.808. The van der Waals surface area contributed by atoms with Crippen LogP contribution in [-0.2, 0) is 0 Å². The third-order valence-corrected chi connectivity index (χ3v) is 3.57. The number of hydrogen-bond donors (Lipinski definition) is 0. The van der Waals surface area contributed by atoms with E-state index in [1.54, 1.807) is 12.1 Å². The van der Waals surface area contributed by atoms with E-state index in [9.17, 15) is 4.79 Å². The van der Waals surface area contributed by atoms with E-state index in [1.165, 1.54) is 16.7 Å². The number of halogens is 1. The molecule has 0 heterocycles. The number of carbonyl (C=O) groups is 1. The molecule has 2 heteroatoms. The molecule has 0 saturated heterocycles. The first-order chi connectivity index (χ1) is 8.52. The monoisotopic (exact) mass is 258 g/mol. The van der Waals surface area contributed by atoms with Crippen molar-refractivity contribution in [1.29, 1.82) is 0 Å². The number of aldehydes is 1. The highest BCUT2D eigenvalue weighted by Crippen LogP contribution is 2.32. The number of rotatable bonds is 2. The minimum absolute atomic E-state index is 0.602. The summed E-state index contributed by atoms with van der Waals surface area (Å²) in [5.41, 5.74) is 6.41. The van der Waals surface area contributed by atoms with Crippen LogP contribution < -0.4 is 0 Å². The first-order valence-corrected chi connectivity index (χ1v) is 6.23. The van der Waals surface area contributed by atoms with Crippen molar-refractivity contribution in [2.75, 3.05) is 0 Å². The molecule has 0 amide bonds. The minimum atomic E-state index is 0.602. The molecule has 0 aliphatic carbocycles. The summed E-state index contributed by atoms with van der Waals surface area (Å²) in [5, 5.41) is 0.617. The first-order valence-electron chi connectivity index (χ1n) is 5.86. The third kappa shape index (κ3) is 2.32. The van der Waals surface area contributed by atoms with Gasteiger partial charge >= 0.3 is 0 Å². The molecule has 0 fully saturated rings. The largest absolute Gasteiger partial charge is 0.298 e. The van der Waals surface area contributed by atoms with Crippen molar-refractivity contribution in [3.05, 3.63) is 57.6 Å². The zero-order valence-corrected chi connectivity index (χ0v) is 11.5. The normalized spacial score (nSPS) is 10.4. The van der Waals surface area contributed by atoms with Gasteiger partial charge < -0.3 is 0 Å². The number of carbonyl (C=O) groups excluding carboxylic acids is 1. The van der Waals surface area contributed by atoms with E-state index in [4.69, 9.17) is 11.6 Å². The van der Waals surface area contributed by atoms with Crippen LogP contribution in [0.3, 0.4) is 0 Å². The van der Waals surface area contributed by atoms with Crippen LogP contribution in [0.1, 0.15) is 27.0 Å². The molecule has 0 spiro atoms. The number of benzene rings is 2. The van der Waals surface area contributed by atoms with Gasteiger partial charge in [-0.25, -0.2) is 0 Å². The molecular formula is C16H15ClO. The lowest BCUT2D eigenvalue weighted by molar-refractivity contribution is 0.112. The van der Waals surface area contributed by atoms with E-state index in [0.29, 0.717) is 10.6 Å². The van der Waals surface area contributed by atoms with E-state index in [2.05, 4.69) is 32.9 Å². The Balaban J connectivity index is 2.62. The van der Waals surface area contributed by atoms with E-state index < -0.39 is 0 Å². The molecule has 2 aromatic rings. The zero-order valence-electron chi connectivity index (χ0n) is 10.8. The predicted octanol–water partition coefficient (Wildman–Crippen LogP) is 4.74. The molecule has 2 rings (SSSR count). The molecule has 0 saturated carbocycles. The van der Waals surface area contributed by atoms with Gasteiger partial charge in [-0.2, -0.15) is 0 Å². The van der Waals surface area contributed by atoms with Gasteiger partial charge in [-0.1, -0.05) is 35.9 Å². The Hall–Kier alpha value is -1.60. The van der Waals surface area contributed by atoms with Crippen LogP contribution in [0.25, 0.3) is 11.1 Å². The second-order valence-electron chi connectivity index (χ2n) is 4.61. The molecule has 0 atom stereocenters. The lowest BCUT2D eigenvalue weighted by Gasteiger charge is -2.12. The molecule has 0 bridgehead atoms. The van der Waals surface area contributed by atoms with Crippen LogP contribution in [0.5, 0.6) is 0 Å². The van der Waals surface area contributed by atoms with Gasteiger partial charge in [0.1, 0.15) is 6.29 Å². The van der Waals surface area contributed by atoms with Crippen molar-refractivity contribution in [3.63, 3.8) is 0 Å². The molecular weight excluding hydrogens is 244 g/mol. The van der Waals surface area contributed by atoms with Crippen molar-refractivity contribution in [2.45, 2.75) is 20.8 Å². The highest BCUT2D eigenvalue weighted by atomic mass is 35.5. The van der Waals surface area contributed by atoms with Gasteiger partial charge in [0.2, 0.25) is 0 Å². The summed E-state index contributed by atoms with van der Waals surface area (Å²) in [6, 6.07) is 9.71. The van der Waals surface area contributed by atoms with Crippen molar-refractivity contribution < 1.29 is 4.79 Å². The van der Waals surface area contributed by atoms with Crippen LogP contribution in [0.15, 0.2) is 30.3 Å². The van der Waals surface area contributed by atoms with Crippen molar-refractivity contribution in [2.24, 2.45) is 0 Å². The zero-order chi connectivity index (χ0) is 13.3. The molecule has 0 radical (unpaired) electrons. The average molecular weight is 259 g/mol. The van der Waals surface area contributed by atoms with Crippen LogP contribution in [0.2, 0.25) is 5.02 Å². The van der Waals surface area contributed by atoms with Crippen LogP contribution >= 0.6 is 11.6 Å². The summed E-state index contributed by atoms with van der Waals surface area (Å²) >= 11 is 6.25. The Labute approximate surface area is 112 Å². The Morgan fingerprint density at radius 2 is 1.56 bits per heavy atom. The van der Waals surface area contributed by atoms with Gasteiger partial charge in [-0.15, -0.1) is 0 Å². The maximum atomic E-state index is 10.7. The van der Waals surface area contributed by atoms with Crippen molar-refractivity contribution in [3.8, 4) is 11.1 Å². The SMILES string of the molecule is Cc1cc(C)c(-c2ccc(C=O)cc2Cl)cc1C. The van der Waals surface area contributed by atoms with E-state index in [1.807, 2.05) is 6.07 Å². The van der Waals surface area contributed by atoms with Crippen molar-refractivity contribution in [1.82, 2.24) is 0 Å². The molecule has 2 aromatic carbocycles. The number of aryl methyl sites for hydroxylation is 3. The van der Waals surface area contributed by atoms with Gasteiger partial charge in [-0.3, -0.25) is 4.79 Å². The average Bonchev–Trinajstić information content (AvgIpc) is 2.34. The summed E-state index contributed by atoms with van der Waals surface area (Å²) in [5.74, 6) is 0. The summed E-state index contributed by atoms with van der Waals surface area (Å²) in [4.78, 5) is 10.7. The fourth-order valence-electron chi connectivity index (χ4n) is 2.07. The fourth-order valence-corrected chi connectivity index (χ4v) is 2.36. The second-order valence-corrected chi connectivity index (χ2v) is 5.02. The lowest BCUT2D eigenvalue weighted by atomic mass is 9.95. The van der Waals surface area contributed by atoms with E-state index in [0.717, 1.165) is 17.4 Å². The van der Waals surface area contributed by atoms with Crippen LogP contribution in [0.4, 0.5) is 0 Å². The first kappa shape index (κ1) is 12.8. The van der Waals surface area contributed by atoms with Crippen molar-refractivity contribution >= 4 is 17.9 Å². The van der Waals surface area contributed by atoms with Gasteiger partial charge in [0.25, 0.3) is 0 Å². The van der Waals surface area contributed by atoms with Crippen LogP contribution in [-0.4, -0.2) is 6.29 Å². The highest BCUT2D eigenvalue weighted by molar-refractivity contribution is 6.33. The summed E-state index contributed by atoms with van der Waals surface area (Å²) < 4.78 is 0. The second kappa shape index (κ2) is 4.95. The smallest absolute Gasteiger partial charge is 0.150 e. The molecule has 18 heavy (non-hydrogen) atoms. The Morgan fingerprint density at radius 3 is 2.17 bits per heavy atom. The van der Waals surface area contributed by atoms with Gasteiger partial charge in [-0.05, 0) is 49.1 Å². The van der Waals surface area contributed by atoms with Gasteiger partial charge in [0, 0.05) is 16.1 Å². The van der Waals surface area contributed by atoms with E-state index >= 15 is 0 Å². The molecule has 0 unspecified atom stereocenters. The molecule has 0 N–H and O–H groups in total. The summed E-state index contributed by atoms with van der Waals surface area (Å²) in [7, 11) is 0. The van der Waals surface area contributed by atoms with Crippen LogP contribution in [0, 0.1) is 20.8 Å². The molecule has 92 valence electrons. The fraction of sp³-hybridized carbons (Fsp3) is 0.188. The predicted molar refractivity (Wildman–Crippen MR) is 76.5 cm³/mol. The Kier molecular flexibility index (Phi) is 3.53. The molecule has 0 aromatic heterocycles. The third-order valence-electron chi connectivity index (χ3n) is 3.26. The highest BCUT2D eigenvalue weighted by Gasteiger charge is 2.08. The minimum Gasteiger partial charge on any atom is -0.298 e. The van der Waals surface area contributed by atoms with Gasteiger partial charge in [0.05, 0.1) is 0 Å². The van der Waals surface area contributed by atoms with E-state index in [-0.39, 0.29) is 0 Å². The quantitative estimate of drug-likeness (QED) is 0.711. The molecule has 0 aliphatic heterocycles. The Morgan fingerprint density at radius 1 is 0.889 bits per heavy atom. The molecule has 1 nitrogen and oxygen atoms in total. The topological polar surface area (TPSA) is 17.1 Å². The molecule has 0 aliphatic rings. The lowest BCUT2D eigenvalue weighted by Crippen LogP contribution is -1.90. The Bertz CT molecular complexity index is 615.